The van der Waals surface area contributed by atoms with Gasteiger partial charge in [-0.1, -0.05) is 0 Å². The molecule has 38 heavy (non-hydrogen) atoms. The van der Waals surface area contributed by atoms with Crippen LogP contribution < -0.4 is 10.1 Å². The van der Waals surface area contributed by atoms with Crippen molar-refractivity contribution in [2.75, 3.05) is 31.6 Å². The van der Waals surface area contributed by atoms with Crippen LogP contribution in [-0.2, 0) is 21.7 Å². The molecule has 2 unspecified atom stereocenters. The van der Waals surface area contributed by atoms with Crippen LogP contribution in [0.25, 0.3) is 0 Å². The molecule has 1 aromatic carbocycles. The lowest BCUT2D eigenvalue weighted by molar-refractivity contribution is -0.139. The van der Waals surface area contributed by atoms with E-state index in [1.807, 2.05) is 19.1 Å². The number of aromatic nitrogens is 2. The lowest BCUT2D eigenvalue weighted by Crippen LogP contribution is -2.51. The number of nitrogens with one attached hydrogen (secondary N) is 1. The summed E-state index contributed by atoms with van der Waals surface area (Å²) in [5.74, 6) is -0.517. The van der Waals surface area contributed by atoms with Gasteiger partial charge in [-0.25, -0.2) is 4.98 Å². The molecular weight excluding hydrogens is 517 g/mol. The van der Waals surface area contributed by atoms with Crippen LogP contribution >= 0.6 is 0 Å². The van der Waals surface area contributed by atoms with Gasteiger partial charge in [0.1, 0.15) is 11.7 Å². The number of ether oxygens (including phenoxy) is 2. The number of aryl methyl sites for hydroxylation is 1. The minimum absolute atomic E-state index is 0.00226. The van der Waals surface area contributed by atoms with E-state index in [9.17, 15) is 17.4 Å². The van der Waals surface area contributed by atoms with Crippen molar-refractivity contribution >= 4 is 22.4 Å². The van der Waals surface area contributed by atoms with E-state index in [0.29, 0.717) is 30.2 Å². The number of benzene rings is 1. The second-order valence-corrected chi connectivity index (χ2v) is 12.8. The Hall–Kier alpha value is -2.24. The molecule has 208 valence electrons. The molecule has 2 saturated heterocycles. The molecule has 11 heteroatoms. The van der Waals surface area contributed by atoms with Gasteiger partial charge in [-0.2, -0.15) is 18.2 Å². The summed E-state index contributed by atoms with van der Waals surface area (Å²) in [7, 11) is -1.10. The van der Waals surface area contributed by atoms with Crippen molar-refractivity contribution in [3.8, 4) is 5.88 Å². The van der Waals surface area contributed by atoms with Gasteiger partial charge in [0.15, 0.2) is 0 Å². The third-order valence-corrected chi connectivity index (χ3v) is 9.77. The molecule has 2 aliphatic heterocycles. The van der Waals surface area contributed by atoms with Gasteiger partial charge in [0.25, 0.3) is 0 Å². The van der Waals surface area contributed by atoms with Crippen molar-refractivity contribution < 1.29 is 26.9 Å². The van der Waals surface area contributed by atoms with Crippen LogP contribution in [0.3, 0.4) is 0 Å². The maximum Gasteiger partial charge on any atom is 0.423 e. The minimum Gasteiger partial charge on any atom is -0.471 e. The summed E-state index contributed by atoms with van der Waals surface area (Å²) >= 11 is 0. The third kappa shape index (κ3) is 5.84. The van der Waals surface area contributed by atoms with Gasteiger partial charge in [0.2, 0.25) is 11.8 Å². The monoisotopic (exact) mass is 552 g/mol. The number of likely N-dealkylation sites (tertiary alicyclic amines) is 1. The van der Waals surface area contributed by atoms with E-state index in [4.69, 9.17) is 9.47 Å². The summed E-state index contributed by atoms with van der Waals surface area (Å²) in [5.41, 5.74) is 0.759. The Balaban J connectivity index is 1.24. The summed E-state index contributed by atoms with van der Waals surface area (Å²) < 4.78 is 64.5. The number of rotatable bonds is 7. The van der Waals surface area contributed by atoms with E-state index >= 15 is 0 Å². The average molecular weight is 553 g/mol. The first-order valence-electron chi connectivity index (χ1n) is 13.2. The average Bonchev–Trinajstić information content (AvgIpc) is 3.36. The van der Waals surface area contributed by atoms with Crippen molar-refractivity contribution in [2.24, 2.45) is 5.41 Å². The number of halogens is 3. The van der Waals surface area contributed by atoms with Crippen molar-refractivity contribution in [2.45, 2.75) is 81.3 Å². The SMILES string of the molecule is Cc1cc(S(=O)C2CC3(CCN(C(C)C)CC3)C2)ccc1Nc1ncc(C(F)(F)F)c(OC2CCOC2)n1. The first-order valence-corrected chi connectivity index (χ1v) is 14.5. The lowest BCUT2D eigenvalue weighted by atomic mass is 9.63. The van der Waals surface area contributed by atoms with Crippen molar-refractivity contribution in [3.05, 3.63) is 35.5 Å². The summed E-state index contributed by atoms with van der Waals surface area (Å²) in [4.78, 5) is 11.2. The number of nitrogens with zero attached hydrogens (tertiary/aromatic N) is 3. The molecule has 2 aromatic rings. The fourth-order valence-electron chi connectivity index (χ4n) is 5.67. The first kappa shape index (κ1) is 27.3. The first-order chi connectivity index (χ1) is 18.0. The van der Waals surface area contributed by atoms with Gasteiger partial charge in [0, 0.05) is 34.5 Å². The number of anilines is 2. The molecule has 3 aliphatic rings. The molecule has 0 amide bonds. The van der Waals surface area contributed by atoms with E-state index in [1.54, 1.807) is 6.07 Å². The number of alkyl halides is 3. The molecule has 1 aliphatic carbocycles. The number of hydrogen-bond acceptors (Lipinski definition) is 7. The molecule has 7 nitrogen and oxygen atoms in total. The van der Waals surface area contributed by atoms with Crippen LogP contribution in [0.5, 0.6) is 5.88 Å². The lowest BCUT2D eigenvalue weighted by Gasteiger charge is -2.52. The van der Waals surface area contributed by atoms with E-state index in [1.165, 1.54) is 12.8 Å². The van der Waals surface area contributed by atoms with Gasteiger partial charge in [-0.15, -0.1) is 0 Å². The zero-order valence-corrected chi connectivity index (χ0v) is 22.8. The van der Waals surface area contributed by atoms with E-state index in [2.05, 4.69) is 34.0 Å². The van der Waals surface area contributed by atoms with Crippen LogP contribution in [0.4, 0.5) is 24.8 Å². The highest BCUT2D eigenvalue weighted by Crippen LogP contribution is 2.52. The molecule has 1 N–H and O–H groups in total. The van der Waals surface area contributed by atoms with E-state index < -0.39 is 34.5 Å². The second kappa shape index (κ2) is 10.7. The molecule has 3 fully saturated rings. The molecule has 1 aromatic heterocycles. The van der Waals surface area contributed by atoms with Gasteiger partial charge < -0.3 is 19.7 Å². The fraction of sp³-hybridized carbons (Fsp3) is 0.630. The Kier molecular flexibility index (Phi) is 7.72. The Bertz CT molecular complexity index is 1170. The summed E-state index contributed by atoms with van der Waals surface area (Å²) in [6.45, 7) is 9.23. The predicted molar refractivity (Wildman–Crippen MR) is 139 cm³/mol. The van der Waals surface area contributed by atoms with E-state index in [-0.39, 0.29) is 17.8 Å². The van der Waals surface area contributed by atoms with Gasteiger partial charge in [-0.05, 0) is 88.7 Å². The topological polar surface area (TPSA) is 76.6 Å². The molecule has 5 rings (SSSR count). The highest BCUT2D eigenvalue weighted by Gasteiger charge is 2.48. The molecule has 0 bridgehead atoms. The number of piperidine rings is 1. The summed E-state index contributed by atoms with van der Waals surface area (Å²) in [5, 5.41) is 3.16. The Morgan fingerprint density at radius 1 is 1.24 bits per heavy atom. The summed E-state index contributed by atoms with van der Waals surface area (Å²) in [6, 6.07) is 6.04. The third-order valence-electron chi connectivity index (χ3n) is 8.12. The zero-order valence-electron chi connectivity index (χ0n) is 22.0. The van der Waals surface area contributed by atoms with Crippen molar-refractivity contribution in [1.29, 1.82) is 0 Å². The normalized spacial score (nSPS) is 23.0. The Morgan fingerprint density at radius 2 is 1.97 bits per heavy atom. The zero-order chi connectivity index (χ0) is 27.1. The van der Waals surface area contributed by atoms with Gasteiger partial charge >= 0.3 is 6.18 Å². The minimum atomic E-state index is -4.64. The fourth-order valence-corrected chi connectivity index (χ4v) is 7.56. The quantitative estimate of drug-likeness (QED) is 0.488. The summed E-state index contributed by atoms with van der Waals surface area (Å²) in [6.07, 6.45) is 0.458. The maximum atomic E-state index is 13.5. The highest BCUT2D eigenvalue weighted by molar-refractivity contribution is 7.85. The molecule has 0 radical (unpaired) electrons. The standard InChI is InChI=1S/C27H35F3N4O3S/c1-17(2)34-9-7-26(8-10-34)13-21(14-26)38(35)20-4-5-23(18(3)12-20)32-25-31-15-22(27(28,29)30)24(33-25)37-19-6-11-36-16-19/h4-5,12,15,17,19,21H,6-11,13-14,16H2,1-3H3,(H,31,32,33). The van der Waals surface area contributed by atoms with Crippen molar-refractivity contribution in [3.63, 3.8) is 0 Å². The highest BCUT2D eigenvalue weighted by atomic mass is 32.2. The Labute approximate surface area is 224 Å². The van der Waals surface area contributed by atoms with Crippen molar-refractivity contribution in [1.82, 2.24) is 14.9 Å². The van der Waals surface area contributed by atoms with E-state index in [0.717, 1.165) is 42.6 Å². The van der Waals surface area contributed by atoms with Crippen LogP contribution in [0.1, 0.15) is 57.1 Å². The number of hydrogen-bond donors (Lipinski definition) is 1. The van der Waals surface area contributed by atoms with Crippen LogP contribution in [-0.4, -0.2) is 62.8 Å². The van der Waals surface area contributed by atoms with Crippen LogP contribution in [0.2, 0.25) is 0 Å². The largest absolute Gasteiger partial charge is 0.471 e. The molecule has 2 atom stereocenters. The van der Waals surface area contributed by atoms with Crippen LogP contribution in [0.15, 0.2) is 29.3 Å². The Morgan fingerprint density at radius 3 is 2.58 bits per heavy atom. The smallest absolute Gasteiger partial charge is 0.423 e. The predicted octanol–water partition coefficient (Wildman–Crippen LogP) is 5.48. The maximum absolute atomic E-state index is 13.5. The second-order valence-electron chi connectivity index (χ2n) is 11.1. The molecular formula is C27H35F3N4O3S. The molecule has 1 saturated carbocycles. The van der Waals surface area contributed by atoms with Gasteiger partial charge in [0.05, 0.1) is 24.0 Å². The molecule has 1 spiro atoms. The molecule has 3 heterocycles. The van der Waals surface area contributed by atoms with Gasteiger partial charge in [-0.3, -0.25) is 4.21 Å². The van der Waals surface area contributed by atoms with Crippen LogP contribution in [0, 0.1) is 12.3 Å².